The highest BCUT2D eigenvalue weighted by Gasteiger charge is 2.60. The van der Waals surface area contributed by atoms with Gasteiger partial charge in [0.25, 0.3) is 5.91 Å². The van der Waals surface area contributed by atoms with Gasteiger partial charge in [0.15, 0.2) is 6.10 Å². The number of hydroxylamine groups is 1. The Hall–Kier alpha value is -4.55. The van der Waals surface area contributed by atoms with Crippen molar-refractivity contribution in [3.63, 3.8) is 0 Å². The zero-order valence-corrected chi connectivity index (χ0v) is 19.6. The van der Waals surface area contributed by atoms with Crippen LogP contribution in [0.15, 0.2) is 109 Å². The minimum absolute atomic E-state index is 0.335. The molecule has 2 heterocycles. The number of hydrogen-bond acceptors (Lipinski definition) is 4. The van der Waals surface area contributed by atoms with E-state index in [9.17, 15) is 14.0 Å². The summed E-state index contributed by atoms with van der Waals surface area (Å²) < 4.78 is 13.6. The van der Waals surface area contributed by atoms with Gasteiger partial charge in [-0.05, 0) is 69.6 Å². The Labute approximate surface area is 212 Å². The number of rotatable bonds is 3. The second-order valence-corrected chi connectivity index (χ2v) is 9.38. The van der Waals surface area contributed by atoms with Crippen LogP contribution in [0.5, 0.6) is 0 Å². The van der Waals surface area contributed by atoms with Crippen molar-refractivity contribution in [2.45, 2.75) is 12.1 Å². The normalized spacial score (nSPS) is 21.3. The summed E-state index contributed by atoms with van der Waals surface area (Å²) in [6.45, 7) is 0. The molecule has 180 valence electrons. The van der Waals surface area contributed by atoms with Gasteiger partial charge in [0.2, 0.25) is 5.91 Å². The molecule has 0 radical (unpaired) electrons. The van der Waals surface area contributed by atoms with Crippen molar-refractivity contribution in [3.05, 3.63) is 121 Å². The zero-order chi connectivity index (χ0) is 25.1. The minimum atomic E-state index is -1.000. The van der Waals surface area contributed by atoms with Crippen LogP contribution in [-0.2, 0) is 14.4 Å². The van der Waals surface area contributed by atoms with Gasteiger partial charge in [-0.1, -0.05) is 66.7 Å². The number of carbonyl (C=O) groups is 2. The van der Waals surface area contributed by atoms with Gasteiger partial charge < -0.3 is 0 Å². The molecule has 37 heavy (non-hydrogen) atoms. The van der Waals surface area contributed by atoms with E-state index in [0.29, 0.717) is 5.69 Å². The zero-order valence-electron chi connectivity index (χ0n) is 19.6. The summed E-state index contributed by atoms with van der Waals surface area (Å²) in [5.74, 6) is -2.03. The lowest BCUT2D eigenvalue weighted by Gasteiger charge is -2.30. The number of hydrogen-bond donors (Lipinski definition) is 0. The third-order valence-electron chi connectivity index (χ3n) is 7.32. The first-order valence-electron chi connectivity index (χ1n) is 12.2. The number of amides is 2. The van der Waals surface area contributed by atoms with Gasteiger partial charge in [0.1, 0.15) is 11.7 Å². The van der Waals surface area contributed by atoms with Gasteiger partial charge in [-0.15, -0.1) is 0 Å². The molecule has 2 aliphatic heterocycles. The topological polar surface area (TPSA) is 49.9 Å². The smallest absolute Gasteiger partial charge is 0.266 e. The summed E-state index contributed by atoms with van der Waals surface area (Å²) in [7, 11) is 0. The number of fused-ring (bicyclic) bond motifs is 3. The average Bonchev–Trinajstić information content (AvgIpc) is 3.44. The van der Waals surface area contributed by atoms with Gasteiger partial charge in [-0.2, -0.15) is 0 Å². The number of halogens is 1. The largest absolute Gasteiger partial charge is 0.273 e. The maximum absolute atomic E-state index is 14.0. The van der Waals surface area contributed by atoms with Crippen molar-refractivity contribution in [1.82, 2.24) is 0 Å². The molecule has 2 saturated heterocycles. The van der Waals surface area contributed by atoms with Crippen LogP contribution in [0, 0.1) is 11.7 Å². The molecular weight excluding hydrogens is 467 g/mol. The molecule has 0 bridgehead atoms. The first-order chi connectivity index (χ1) is 18.1. The Kier molecular flexibility index (Phi) is 4.84. The number of para-hydroxylation sites is 1. The Morgan fingerprint density at radius 2 is 1.24 bits per heavy atom. The SMILES string of the molecule is O=C1[C@H]2[C@@H](c3c4ccccc4cc4ccccc34)N(c3ccccc3)O[C@H]2C(=O)N1c1ccc(F)cc1. The molecule has 2 aliphatic rings. The predicted molar refractivity (Wildman–Crippen MR) is 140 cm³/mol. The van der Waals surface area contributed by atoms with Crippen LogP contribution in [-0.4, -0.2) is 17.9 Å². The standard InChI is InChI=1S/C31H21FN2O3/c32-21-14-16-22(17-15-21)33-30(35)27-28(34(37-29(27)31(33)36)23-10-2-1-3-11-23)26-24-12-6-4-8-19(24)18-20-9-5-7-13-25(20)26/h1-18,27-29H/t27-,28+,29+/m0/s1. The molecule has 2 amide bonds. The summed E-state index contributed by atoms with van der Waals surface area (Å²) in [6, 6.07) is 32.6. The summed E-state index contributed by atoms with van der Waals surface area (Å²) in [4.78, 5) is 35.1. The third-order valence-corrected chi connectivity index (χ3v) is 7.32. The lowest BCUT2D eigenvalue weighted by molar-refractivity contribution is -0.126. The number of nitrogens with zero attached hydrogens (tertiary/aromatic N) is 2. The maximum Gasteiger partial charge on any atom is 0.266 e. The molecule has 0 N–H and O–H groups in total. The summed E-state index contributed by atoms with van der Waals surface area (Å²) in [5.41, 5.74) is 2.03. The van der Waals surface area contributed by atoms with Crippen molar-refractivity contribution in [2.24, 2.45) is 5.92 Å². The second-order valence-electron chi connectivity index (χ2n) is 9.38. The molecular formula is C31H21FN2O3. The van der Waals surface area contributed by atoms with Crippen LogP contribution in [0.2, 0.25) is 0 Å². The van der Waals surface area contributed by atoms with Crippen LogP contribution in [0.3, 0.4) is 0 Å². The predicted octanol–water partition coefficient (Wildman–Crippen LogP) is 6.18. The average molecular weight is 489 g/mol. The Bertz CT molecular complexity index is 1630. The van der Waals surface area contributed by atoms with E-state index in [0.717, 1.165) is 37.7 Å². The molecule has 5 nitrogen and oxygen atoms in total. The molecule has 7 rings (SSSR count). The van der Waals surface area contributed by atoms with Gasteiger partial charge in [0.05, 0.1) is 17.4 Å². The highest BCUT2D eigenvalue weighted by atomic mass is 19.1. The van der Waals surface area contributed by atoms with Crippen LogP contribution in [0.4, 0.5) is 15.8 Å². The van der Waals surface area contributed by atoms with Gasteiger partial charge in [-0.3, -0.25) is 14.4 Å². The molecule has 0 spiro atoms. The van der Waals surface area contributed by atoms with E-state index >= 15 is 0 Å². The second kappa shape index (κ2) is 8.25. The van der Waals surface area contributed by atoms with E-state index in [2.05, 4.69) is 18.2 Å². The number of imide groups is 1. The number of carbonyl (C=O) groups excluding carboxylic acids is 2. The summed E-state index contributed by atoms with van der Waals surface area (Å²) in [6.07, 6.45) is -1.000. The van der Waals surface area contributed by atoms with Crippen LogP contribution >= 0.6 is 0 Å². The van der Waals surface area contributed by atoms with Crippen molar-refractivity contribution < 1.29 is 18.8 Å². The number of benzene rings is 5. The van der Waals surface area contributed by atoms with Crippen molar-refractivity contribution in [3.8, 4) is 0 Å². The first kappa shape index (κ1) is 21.7. The third kappa shape index (κ3) is 3.26. The van der Waals surface area contributed by atoms with Gasteiger partial charge >= 0.3 is 0 Å². The van der Waals surface area contributed by atoms with Gasteiger partial charge in [0, 0.05) is 0 Å². The monoisotopic (exact) mass is 488 g/mol. The van der Waals surface area contributed by atoms with Crippen LogP contribution in [0.1, 0.15) is 11.6 Å². The van der Waals surface area contributed by atoms with Gasteiger partial charge in [-0.25, -0.2) is 14.4 Å². The van der Waals surface area contributed by atoms with Crippen LogP contribution in [0.25, 0.3) is 21.5 Å². The molecule has 6 heteroatoms. The molecule has 2 fully saturated rings. The Morgan fingerprint density at radius 3 is 1.89 bits per heavy atom. The fourth-order valence-corrected chi connectivity index (χ4v) is 5.72. The number of anilines is 2. The minimum Gasteiger partial charge on any atom is -0.273 e. The van der Waals surface area contributed by atoms with Crippen molar-refractivity contribution in [2.75, 3.05) is 9.96 Å². The van der Waals surface area contributed by atoms with E-state index in [4.69, 9.17) is 4.84 Å². The van der Waals surface area contributed by atoms with Crippen molar-refractivity contribution >= 4 is 44.7 Å². The Morgan fingerprint density at radius 1 is 0.649 bits per heavy atom. The molecule has 5 aromatic rings. The fraction of sp³-hybridized carbons (Fsp3) is 0.0968. The lowest BCUT2D eigenvalue weighted by Crippen LogP contribution is -2.37. The van der Waals surface area contributed by atoms with Crippen molar-refractivity contribution in [1.29, 1.82) is 0 Å². The van der Waals surface area contributed by atoms with E-state index in [-0.39, 0.29) is 5.91 Å². The molecule has 0 aliphatic carbocycles. The molecule has 0 saturated carbocycles. The highest BCUT2D eigenvalue weighted by molar-refractivity contribution is 6.24. The van der Waals surface area contributed by atoms with Crippen LogP contribution < -0.4 is 9.96 Å². The summed E-state index contributed by atoms with van der Waals surface area (Å²) in [5, 5.41) is 5.80. The quantitative estimate of drug-likeness (QED) is 0.225. The summed E-state index contributed by atoms with van der Waals surface area (Å²) >= 11 is 0. The maximum atomic E-state index is 14.0. The van der Waals surface area contributed by atoms with E-state index in [1.165, 1.54) is 24.3 Å². The first-order valence-corrected chi connectivity index (χ1v) is 12.2. The van der Waals surface area contributed by atoms with E-state index in [1.807, 2.05) is 66.7 Å². The van der Waals surface area contributed by atoms with E-state index in [1.54, 1.807) is 5.06 Å². The molecule has 0 unspecified atom stereocenters. The van der Waals surface area contributed by atoms with E-state index < -0.39 is 29.8 Å². The Balaban J connectivity index is 1.47. The highest BCUT2D eigenvalue weighted by Crippen LogP contribution is 2.50. The molecule has 5 aromatic carbocycles. The molecule has 0 aromatic heterocycles. The lowest BCUT2D eigenvalue weighted by atomic mass is 9.84. The fourth-order valence-electron chi connectivity index (χ4n) is 5.72. The molecule has 3 atom stereocenters.